The van der Waals surface area contributed by atoms with Crippen molar-refractivity contribution in [2.45, 2.75) is 25.9 Å². The number of hydrogen-bond acceptors (Lipinski definition) is 4. The van der Waals surface area contributed by atoms with Crippen molar-refractivity contribution in [2.24, 2.45) is 13.0 Å². The van der Waals surface area contributed by atoms with Gasteiger partial charge in [0.15, 0.2) is 11.0 Å². The second kappa shape index (κ2) is 7.45. The lowest BCUT2D eigenvalue weighted by Gasteiger charge is -2.07. The van der Waals surface area contributed by atoms with E-state index in [9.17, 15) is 4.79 Å². The van der Waals surface area contributed by atoms with E-state index in [1.165, 1.54) is 17.3 Å². The molecule has 1 aromatic carbocycles. The van der Waals surface area contributed by atoms with Gasteiger partial charge in [0.25, 0.3) is 0 Å². The van der Waals surface area contributed by atoms with Gasteiger partial charge in [-0.05, 0) is 18.9 Å². The average Bonchev–Trinajstić information content (AvgIpc) is 2.84. The number of nitrogens with one attached hydrogen (secondary N) is 1. The Bertz CT molecular complexity index is 651. The van der Waals surface area contributed by atoms with Crippen molar-refractivity contribution < 1.29 is 4.79 Å². The van der Waals surface area contributed by atoms with Crippen LogP contribution in [0.2, 0.25) is 0 Å². The number of aromatic nitrogens is 3. The fourth-order valence-corrected chi connectivity index (χ4v) is 2.72. The second-order valence-electron chi connectivity index (χ2n) is 5.72. The summed E-state index contributed by atoms with van der Waals surface area (Å²) in [6.07, 6.45) is 0. The van der Waals surface area contributed by atoms with Crippen LogP contribution in [0.1, 0.15) is 19.4 Å². The minimum Gasteiger partial charge on any atom is -0.355 e. The topological polar surface area (TPSA) is 59.8 Å². The molecule has 1 aromatic heterocycles. The zero-order valence-electron chi connectivity index (χ0n) is 13.5. The van der Waals surface area contributed by atoms with E-state index in [0.717, 1.165) is 16.5 Å². The summed E-state index contributed by atoms with van der Waals surface area (Å²) < 4.78 is 1.93. The molecule has 5 nitrogen and oxygen atoms in total. The van der Waals surface area contributed by atoms with Crippen LogP contribution in [0.4, 0.5) is 0 Å². The number of nitrogens with zero attached hydrogens (tertiary/aromatic N) is 3. The molecule has 0 fully saturated rings. The lowest BCUT2D eigenvalue weighted by atomic mass is 10.1. The van der Waals surface area contributed by atoms with Gasteiger partial charge in [-0.3, -0.25) is 4.79 Å². The van der Waals surface area contributed by atoms with Gasteiger partial charge in [0.1, 0.15) is 0 Å². The number of carbonyl (C=O) groups excluding carboxylic acids is 1. The Balaban J connectivity index is 2.01. The van der Waals surface area contributed by atoms with Crippen molar-refractivity contribution in [3.63, 3.8) is 0 Å². The number of aryl methyl sites for hydroxylation is 1. The molecule has 118 valence electrons. The maximum Gasteiger partial charge on any atom is 0.230 e. The standard InChI is InChI=1S/C16H22N4OS/c1-11(2)9-17-14(21)10-22-16-19-18-15(20(16)4)13-7-5-6-12(3)8-13/h5-8,11H,9-10H2,1-4H3,(H,17,21). The number of thioether (sulfide) groups is 1. The molecule has 6 heteroatoms. The molecule has 0 radical (unpaired) electrons. The predicted octanol–water partition coefficient (Wildman–Crippen LogP) is 2.65. The third-order valence-corrected chi connectivity index (χ3v) is 4.17. The Kier molecular flexibility index (Phi) is 5.60. The summed E-state index contributed by atoms with van der Waals surface area (Å²) in [6.45, 7) is 6.90. The molecule has 22 heavy (non-hydrogen) atoms. The first kappa shape index (κ1) is 16.5. The van der Waals surface area contributed by atoms with Gasteiger partial charge in [-0.2, -0.15) is 0 Å². The van der Waals surface area contributed by atoms with E-state index in [-0.39, 0.29) is 5.91 Å². The summed E-state index contributed by atoms with van der Waals surface area (Å²) in [6, 6.07) is 8.15. The van der Waals surface area contributed by atoms with E-state index in [1.54, 1.807) is 0 Å². The summed E-state index contributed by atoms with van der Waals surface area (Å²) >= 11 is 1.40. The average molecular weight is 318 g/mol. The van der Waals surface area contributed by atoms with Crippen LogP contribution in [0.3, 0.4) is 0 Å². The van der Waals surface area contributed by atoms with E-state index in [1.807, 2.05) is 23.7 Å². The van der Waals surface area contributed by atoms with E-state index >= 15 is 0 Å². The van der Waals surface area contributed by atoms with Crippen LogP contribution < -0.4 is 5.32 Å². The molecule has 2 aromatic rings. The van der Waals surface area contributed by atoms with E-state index < -0.39 is 0 Å². The molecule has 0 bridgehead atoms. The first-order valence-corrected chi connectivity index (χ1v) is 8.32. The highest BCUT2D eigenvalue weighted by atomic mass is 32.2. The van der Waals surface area contributed by atoms with Crippen molar-refractivity contribution in [3.05, 3.63) is 29.8 Å². The number of benzene rings is 1. The number of hydrogen-bond donors (Lipinski definition) is 1. The van der Waals surface area contributed by atoms with Crippen LogP contribution in [0.5, 0.6) is 0 Å². The summed E-state index contributed by atoms with van der Waals surface area (Å²) in [7, 11) is 1.92. The zero-order valence-corrected chi connectivity index (χ0v) is 14.3. The fraction of sp³-hybridized carbons (Fsp3) is 0.438. The van der Waals surface area contributed by atoms with Crippen LogP contribution in [0, 0.1) is 12.8 Å². The second-order valence-corrected chi connectivity index (χ2v) is 6.66. The highest BCUT2D eigenvalue weighted by molar-refractivity contribution is 7.99. The number of rotatable bonds is 6. The smallest absolute Gasteiger partial charge is 0.230 e. The largest absolute Gasteiger partial charge is 0.355 e. The fourth-order valence-electron chi connectivity index (χ4n) is 1.98. The quantitative estimate of drug-likeness (QED) is 0.832. The maximum absolute atomic E-state index is 11.8. The normalized spacial score (nSPS) is 11.0. The molecule has 1 heterocycles. The molecule has 0 aliphatic carbocycles. The monoisotopic (exact) mass is 318 g/mol. The SMILES string of the molecule is Cc1cccc(-c2nnc(SCC(=O)NCC(C)C)n2C)c1. The number of carbonyl (C=O) groups is 1. The lowest BCUT2D eigenvalue weighted by Crippen LogP contribution is -2.28. The molecule has 0 saturated carbocycles. The summed E-state index contributed by atoms with van der Waals surface area (Å²) in [4.78, 5) is 11.8. The molecule has 0 aliphatic heterocycles. The minimum absolute atomic E-state index is 0.0267. The van der Waals surface area contributed by atoms with Gasteiger partial charge in [-0.15, -0.1) is 10.2 Å². The molecule has 1 N–H and O–H groups in total. The van der Waals surface area contributed by atoms with Gasteiger partial charge < -0.3 is 9.88 Å². The van der Waals surface area contributed by atoms with Crippen molar-refractivity contribution in [2.75, 3.05) is 12.3 Å². The molecule has 0 unspecified atom stereocenters. The van der Waals surface area contributed by atoms with Gasteiger partial charge >= 0.3 is 0 Å². The first-order chi connectivity index (χ1) is 10.5. The molecular weight excluding hydrogens is 296 g/mol. The van der Waals surface area contributed by atoms with Gasteiger partial charge in [-0.25, -0.2) is 0 Å². The highest BCUT2D eigenvalue weighted by Crippen LogP contribution is 2.23. The molecule has 0 spiro atoms. The van der Waals surface area contributed by atoms with Crippen LogP contribution in [-0.2, 0) is 11.8 Å². The van der Waals surface area contributed by atoms with Gasteiger partial charge in [0, 0.05) is 19.2 Å². The van der Waals surface area contributed by atoms with Gasteiger partial charge in [0.05, 0.1) is 5.75 Å². The summed E-state index contributed by atoms with van der Waals surface area (Å²) in [5.74, 6) is 1.65. The lowest BCUT2D eigenvalue weighted by molar-refractivity contribution is -0.118. The Morgan fingerprint density at radius 1 is 1.36 bits per heavy atom. The van der Waals surface area contributed by atoms with E-state index in [2.05, 4.69) is 48.4 Å². The third kappa shape index (κ3) is 4.34. The summed E-state index contributed by atoms with van der Waals surface area (Å²) in [5.41, 5.74) is 2.22. The van der Waals surface area contributed by atoms with Crippen LogP contribution in [-0.4, -0.2) is 33.0 Å². The van der Waals surface area contributed by atoms with Crippen LogP contribution >= 0.6 is 11.8 Å². The molecular formula is C16H22N4OS. The third-order valence-electron chi connectivity index (χ3n) is 3.15. The van der Waals surface area contributed by atoms with E-state index in [0.29, 0.717) is 18.2 Å². The van der Waals surface area contributed by atoms with Crippen molar-refractivity contribution in [1.82, 2.24) is 20.1 Å². The molecule has 0 aliphatic rings. The predicted molar refractivity (Wildman–Crippen MR) is 89.7 cm³/mol. The van der Waals surface area contributed by atoms with Gasteiger partial charge in [0.2, 0.25) is 5.91 Å². The highest BCUT2D eigenvalue weighted by Gasteiger charge is 2.13. The number of amides is 1. The molecule has 0 saturated heterocycles. The van der Waals surface area contributed by atoms with Crippen molar-refractivity contribution in [3.8, 4) is 11.4 Å². The first-order valence-electron chi connectivity index (χ1n) is 7.33. The van der Waals surface area contributed by atoms with Crippen LogP contribution in [0.15, 0.2) is 29.4 Å². The molecule has 1 amide bonds. The molecule has 0 atom stereocenters. The summed E-state index contributed by atoms with van der Waals surface area (Å²) in [5, 5.41) is 12.1. The minimum atomic E-state index is 0.0267. The van der Waals surface area contributed by atoms with Crippen LogP contribution in [0.25, 0.3) is 11.4 Å². The van der Waals surface area contributed by atoms with Gasteiger partial charge in [-0.1, -0.05) is 49.4 Å². The maximum atomic E-state index is 11.8. The Hall–Kier alpha value is -1.82. The Morgan fingerprint density at radius 2 is 2.14 bits per heavy atom. The Labute approximate surface area is 135 Å². The van der Waals surface area contributed by atoms with Crippen molar-refractivity contribution >= 4 is 17.7 Å². The van der Waals surface area contributed by atoms with Crippen molar-refractivity contribution in [1.29, 1.82) is 0 Å². The molecule has 2 rings (SSSR count). The Morgan fingerprint density at radius 3 is 2.82 bits per heavy atom. The van der Waals surface area contributed by atoms with E-state index in [4.69, 9.17) is 0 Å². The zero-order chi connectivity index (χ0) is 16.1.